The zero-order valence-electron chi connectivity index (χ0n) is 21.2. The second-order valence-corrected chi connectivity index (χ2v) is 9.69. The van der Waals surface area contributed by atoms with Gasteiger partial charge in [0.15, 0.2) is 0 Å². The molecule has 0 spiro atoms. The number of hydrogen-bond acceptors (Lipinski definition) is 5. The van der Waals surface area contributed by atoms with Gasteiger partial charge in [0.25, 0.3) is 16.8 Å². The Bertz CT molecular complexity index is 1640. The molecule has 0 heterocycles. The van der Waals surface area contributed by atoms with E-state index in [-0.39, 0.29) is 24.3 Å². The van der Waals surface area contributed by atoms with Crippen molar-refractivity contribution >= 4 is 32.9 Å². The molecule has 0 saturated heterocycles. The molecular formula is C23H12F18N2O3. The van der Waals surface area contributed by atoms with Crippen molar-refractivity contribution in [1.82, 2.24) is 0 Å². The van der Waals surface area contributed by atoms with E-state index in [4.69, 9.17) is 11.5 Å². The van der Waals surface area contributed by atoms with Crippen LogP contribution in [0.25, 0.3) is 21.5 Å². The molecule has 7 N–H and O–H groups in total. The summed E-state index contributed by atoms with van der Waals surface area (Å²) in [5, 5.41) is 23.8. The molecule has 0 aliphatic carbocycles. The summed E-state index contributed by atoms with van der Waals surface area (Å²) < 4.78 is 246. The lowest BCUT2D eigenvalue weighted by Crippen LogP contribution is -2.56. The first-order valence-electron chi connectivity index (χ1n) is 11.3. The minimum atomic E-state index is -7.12. The summed E-state index contributed by atoms with van der Waals surface area (Å²) in [4.78, 5) is 0. The number of halogens is 18. The van der Waals surface area contributed by atoms with E-state index in [1.54, 1.807) is 0 Å². The molecule has 0 saturated carbocycles. The van der Waals surface area contributed by atoms with Crippen molar-refractivity contribution in [3.8, 4) is 0 Å². The Morgan fingerprint density at radius 1 is 0.391 bits per heavy atom. The molecule has 0 atom stereocenters. The molecule has 0 bridgehead atoms. The number of aliphatic hydroxyl groups is 3. The van der Waals surface area contributed by atoms with Gasteiger partial charge in [-0.3, -0.25) is 0 Å². The van der Waals surface area contributed by atoms with Gasteiger partial charge in [-0.15, -0.1) is 0 Å². The molecule has 46 heavy (non-hydrogen) atoms. The van der Waals surface area contributed by atoms with Gasteiger partial charge in [0, 0.05) is 28.1 Å². The second kappa shape index (κ2) is 9.95. The highest BCUT2D eigenvalue weighted by Gasteiger charge is 2.76. The van der Waals surface area contributed by atoms with Crippen LogP contribution in [0.4, 0.5) is 90.4 Å². The summed E-state index contributed by atoms with van der Waals surface area (Å²) >= 11 is 0. The summed E-state index contributed by atoms with van der Waals surface area (Å²) in [6.07, 6.45) is -41.5. The van der Waals surface area contributed by atoms with Crippen molar-refractivity contribution in [2.24, 2.45) is 0 Å². The zero-order valence-corrected chi connectivity index (χ0v) is 21.2. The van der Waals surface area contributed by atoms with Gasteiger partial charge in [0.1, 0.15) is 0 Å². The summed E-state index contributed by atoms with van der Waals surface area (Å²) in [6, 6.07) is -0.965. The van der Waals surface area contributed by atoms with Crippen molar-refractivity contribution < 1.29 is 94.3 Å². The van der Waals surface area contributed by atoms with Crippen LogP contribution in [0.2, 0.25) is 0 Å². The summed E-state index contributed by atoms with van der Waals surface area (Å²) in [6.45, 7) is 0. The van der Waals surface area contributed by atoms with Crippen LogP contribution in [0.5, 0.6) is 0 Å². The van der Waals surface area contributed by atoms with E-state index >= 15 is 0 Å². The maximum absolute atomic E-state index is 13.9. The summed E-state index contributed by atoms with van der Waals surface area (Å²) in [5.41, 5.74) is -21.3. The van der Waals surface area contributed by atoms with Gasteiger partial charge in [-0.05, 0) is 51.9 Å². The van der Waals surface area contributed by atoms with Crippen molar-refractivity contribution in [1.29, 1.82) is 0 Å². The smallest absolute Gasteiger partial charge is 0.398 e. The molecular weight excluding hydrogens is 694 g/mol. The average molecular weight is 706 g/mol. The monoisotopic (exact) mass is 706 g/mol. The Morgan fingerprint density at radius 2 is 0.717 bits per heavy atom. The van der Waals surface area contributed by atoms with E-state index in [0.717, 1.165) is 0 Å². The fraction of sp³-hybridized carbons (Fsp3) is 0.391. The highest BCUT2D eigenvalue weighted by Crippen LogP contribution is 2.59. The van der Waals surface area contributed by atoms with E-state index in [0.29, 0.717) is 0 Å². The minimum Gasteiger partial charge on any atom is -0.398 e. The highest BCUT2D eigenvalue weighted by molar-refractivity contribution is 6.04. The predicted molar refractivity (Wildman–Crippen MR) is 118 cm³/mol. The standard InChI is InChI=1S/C23H12F18N2O3/c24-18(25,26)15(44,19(27,28)29)10-3-7-2-9-8(1-6(7)5-12(10)42)4-11(16(45,20(30,31)32)21(33,34)35)14(43)13(9)17(46,22(36,37)38)23(39,40)41/h1-5,44-46H,42-43H2. The zero-order chi connectivity index (χ0) is 36.2. The molecule has 3 aromatic rings. The van der Waals surface area contributed by atoms with E-state index in [1.807, 2.05) is 0 Å². The molecule has 0 aliphatic heterocycles. The van der Waals surface area contributed by atoms with E-state index < -0.39 is 110 Å². The fourth-order valence-corrected chi connectivity index (χ4v) is 4.61. The van der Waals surface area contributed by atoms with Crippen LogP contribution in [0.1, 0.15) is 16.7 Å². The molecule has 5 nitrogen and oxygen atoms in total. The lowest BCUT2D eigenvalue weighted by atomic mass is 9.79. The Morgan fingerprint density at radius 3 is 1.09 bits per heavy atom. The molecule has 0 aromatic heterocycles. The number of nitrogen functional groups attached to an aromatic ring is 2. The fourth-order valence-electron chi connectivity index (χ4n) is 4.61. The number of anilines is 2. The molecule has 3 aromatic carbocycles. The second-order valence-electron chi connectivity index (χ2n) is 9.69. The average Bonchev–Trinajstić information content (AvgIpc) is 2.81. The van der Waals surface area contributed by atoms with E-state index in [2.05, 4.69) is 0 Å². The molecule has 0 fully saturated rings. The quantitative estimate of drug-likeness (QED) is 0.114. The Hall–Kier alpha value is -3.60. The third kappa shape index (κ3) is 4.96. The molecule has 3 rings (SSSR count). The maximum atomic E-state index is 13.9. The van der Waals surface area contributed by atoms with Crippen LogP contribution in [-0.4, -0.2) is 52.4 Å². The van der Waals surface area contributed by atoms with Crippen molar-refractivity contribution in [3.63, 3.8) is 0 Å². The van der Waals surface area contributed by atoms with Crippen LogP contribution in [0.3, 0.4) is 0 Å². The number of fused-ring (bicyclic) bond motifs is 2. The summed E-state index contributed by atoms with van der Waals surface area (Å²) in [7, 11) is 0. The van der Waals surface area contributed by atoms with Crippen LogP contribution in [-0.2, 0) is 16.8 Å². The topological polar surface area (TPSA) is 113 Å². The van der Waals surface area contributed by atoms with Crippen LogP contribution in [0.15, 0.2) is 30.3 Å². The van der Waals surface area contributed by atoms with Gasteiger partial charge in [-0.25, -0.2) is 0 Å². The molecule has 0 amide bonds. The lowest BCUT2D eigenvalue weighted by Gasteiger charge is -2.38. The lowest BCUT2D eigenvalue weighted by molar-refractivity contribution is -0.377. The molecule has 0 radical (unpaired) electrons. The number of benzene rings is 3. The number of hydrogen-bond donors (Lipinski definition) is 5. The number of alkyl halides is 18. The SMILES string of the molecule is Nc1cc2cc3cc(C(O)(C(F)(F)F)C(F)(F)F)c(N)c(C(O)(C(F)(F)F)C(F)(F)F)c3cc2cc1C(O)(C(F)(F)F)C(F)(F)F. The van der Waals surface area contributed by atoms with Gasteiger partial charge < -0.3 is 26.8 Å². The van der Waals surface area contributed by atoms with Crippen molar-refractivity contribution in [2.45, 2.75) is 53.9 Å². The number of rotatable bonds is 3. The van der Waals surface area contributed by atoms with E-state index in [1.165, 1.54) is 0 Å². The van der Waals surface area contributed by atoms with Gasteiger partial charge in [-0.2, -0.15) is 79.0 Å². The Labute approximate surface area is 240 Å². The Kier molecular flexibility index (Phi) is 7.98. The first kappa shape index (κ1) is 36.9. The van der Waals surface area contributed by atoms with Gasteiger partial charge >= 0.3 is 37.1 Å². The Balaban J connectivity index is 2.75. The van der Waals surface area contributed by atoms with Gasteiger partial charge in [0.05, 0.1) is 0 Å². The summed E-state index contributed by atoms with van der Waals surface area (Å²) in [5.74, 6) is 0. The minimum absolute atomic E-state index is 0.0534. The molecule has 23 heteroatoms. The predicted octanol–water partition coefficient (Wildman–Crippen LogP) is 7.09. The van der Waals surface area contributed by atoms with E-state index in [9.17, 15) is 94.3 Å². The molecule has 0 unspecified atom stereocenters. The normalized spacial score (nSPS) is 15.2. The molecule has 0 aliphatic rings. The molecule has 258 valence electrons. The largest absolute Gasteiger partial charge is 0.430 e. The third-order valence-electron chi connectivity index (χ3n) is 6.91. The van der Waals surface area contributed by atoms with Gasteiger partial charge in [0.2, 0.25) is 0 Å². The first-order valence-corrected chi connectivity index (χ1v) is 11.3. The van der Waals surface area contributed by atoms with Crippen molar-refractivity contribution in [3.05, 3.63) is 47.0 Å². The first-order chi connectivity index (χ1) is 20.1. The van der Waals surface area contributed by atoms with Crippen LogP contribution < -0.4 is 11.5 Å². The highest BCUT2D eigenvalue weighted by atomic mass is 19.4. The van der Waals surface area contributed by atoms with Crippen molar-refractivity contribution in [2.75, 3.05) is 11.5 Å². The van der Waals surface area contributed by atoms with Crippen LogP contribution in [0, 0.1) is 0 Å². The van der Waals surface area contributed by atoms with Gasteiger partial charge in [-0.1, -0.05) is 0 Å². The third-order valence-corrected chi connectivity index (χ3v) is 6.91. The number of nitrogens with two attached hydrogens (primary N) is 2. The maximum Gasteiger partial charge on any atom is 0.430 e. The van der Waals surface area contributed by atoms with Crippen LogP contribution >= 0.6 is 0 Å².